The Morgan fingerprint density at radius 2 is 1.88 bits per heavy atom. The van der Waals surface area contributed by atoms with Gasteiger partial charge in [0.2, 0.25) is 0 Å². The van der Waals surface area contributed by atoms with Gasteiger partial charge in [0.1, 0.15) is 11.9 Å². The van der Waals surface area contributed by atoms with Crippen LogP contribution in [-0.2, 0) is 9.53 Å². The first kappa shape index (κ1) is 13.4. The third-order valence-corrected chi connectivity index (χ3v) is 2.01. The van der Waals surface area contributed by atoms with Gasteiger partial charge in [-0.15, -0.1) is 0 Å². The largest absolute Gasteiger partial charge is 0.461 e. The average Bonchev–Trinajstić information content (AvgIpc) is 2.27. The number of aliphatic imine (C=N–C) groups is 1. The van der Waals surface area contributed by atoms with Crippen molar-refractivity contribution in [1.82, 2.24) is 0 Å². The number of hydrogen-bond acceptors (Lipinski definition) is 3. The summed E-state index contributed by atoms with van der Waals surface area (Å²) >= 11 is 0. The molecule has 3 nitrogen and oxygen atoms in total. The molecule has 0 aliphatic heterocycles. The van der Waals surface area contributed by atoms with Crippen LogP contribution in [0.3, 0.4) is 0 Å². The van der Waals surface area contributed by atoms with E-state index in [2.05, 4.69) is 4.99 Å². The molecular weight excluding hydrogens is 221 g/mol. The molecule has 0 amide bonds. The van der Waals surface area contributed by atoms with Crippen LogP contribution in [0.5, 0.6) is 0 Å². The molecule has 1 aromatic rings. The first-order chi connectivity index (χ1) is 7.99. The highest BCUT2D eigenvalue weighted by Gasteiger charge is 2.13. The molecule has 1 aromatic carbocycles. The molecule has 0 spiro atoms. The Kier molecular flexibility index (Phi) is 4.82. The fourth-order valence-electron chi connectivity index (χ4n) is 1.14. The third-order valence-electron chi connectivity index (χ3n) is 2.01. The van der Waals surface area contributed by atoms with Crippen LogP contribution in [0.4, 0.5) is 4.39 Å². The molecule has 0 aliphatic carbocycles. The van der Waals surface area contributed by atoms with Crippen LogP contribution in [-0.4, -0.2) is 24.3 Å². The van der Waals surface area contributed by atoms with Crippen molar-refractivity contribution in [2.45, 2.75) is 32.9 Å². The molecule has 0 aromatic heterocycles. The minimum atomic E-state index is -0.553. The van der Waals surface area contributed by atoms with Gasteiger partial charge in [0, 0.05) is 6.21 Å². The fourth-order valence-corrected chi connectivity index (χ4v) is 1.14. The van der Waals surface area contributed by atoms with E-state index < -0.39 is 6.04 Å². The van der Waals surface area contributed by atoms with Crippen LogP contribution in [0, 0.1) is 5.82 Å². The molecule has 0 saturated carbocycles. The van der Waals surface area contributed by atoms with E-state index in [0.717, 1.165) is 5.56 Å². The number of benzene rings is 1. The molecule has 1 rings (SSSR count). The summed E-state index contributed by atoms with van der Waals surface area (Å²) in [4.78, 5) is 15.5. The van der Waals surface area contributed by atoms with Crippen molar-refractivity contribution in [3.05, 3.63) is 35.6 Å². The van der Waals surface area contributed by atoms with Gasteiger partial charge in [0.05, 0.1) is 6.10 Å². The maximum absolute atomic E-state index is 12.6. The topological polar surface area (TPSA) is 38.7 Å². The number of rotatable bonds is 4. The SMILES string of the molecule is CC(C)OC(=O)C(C)N=Cc1ccc(F)cc1. The van der Waals surface area contributed by atoms with Gasteiger partial charge in [-0.1, -0.05) is 12.1 Å². The highest BCUT2D eigenvalue weighted by atomic mass is 19.1. The van der Waals surface area contributed by atoms with Gasteiger partial charge >= 0.3 is 5.97 Å². The summed E-state index contributed by atoms with van der Waals surface area (Å²) in [6.07, 6.45) is 1.39. The van der Waals surface area contributed by atoms with E-state index >= 15 is 0 Å². The maximum Gasteiger partial charge on any atom is 0.330 e. The first-order valence-corrected chi connectivity index (χ1v) is 5.48. The van der Waals surface area contributed by atoms with Crippen molar-refractivity contribution < 1.29 is 13.9 Å². The zero-order valence-electron chi connectivity index (χ0n) is 10.2. The Morgan fingerprint density at radius 3 is 2.41 bits per heavy atom. The number of esters is 1. The van der Waals surface area contributed by atoms with Gasteiger partial charge in [-0.2, -0.15) is 0 Å². The molecule has 0 N–H and O–H groups in total. The van der Waals surface area contributed by atoms with Crippen LogP contribution in [0.15, 0.2) is 29.3 Å². The monoisotopic (exact) mass is 237 g/mol. The Hall–Kier alpha value is -1.71. The lowest BCUT2D eigenvalue weighted by Crippen LogP contribution is -2.21. The van der Waals surface area contributed by atoms with Crippen LogP contribution in [0.25, 0.3) is 0 Å². The molecule has 0 aliphatic rings. The lowest BCUT2D eigenvalue weighted by molar-refractivity contribution is -0.148. The summed E-state index contributed by atoms with van der Waals surface area (Å²) < 4.78 is 17.6. The van der Waals surface area contributed by atoms with Crippen molar-refractivity contribution >= 4 is 12.2 Å². The number of halogens is 1. The minimum Gasteiger partial charge on any atom is -0.461 e. The van der Waals surface area contributed by atoms with Crippen molar-refractivity contribution in [3.8, 4) is 0 Å². The molecule has 0 heterocycles. The summed E-state index contributed by atoms with van der Waals surface area (Å²) in [5.74, 6) is -0.659. The zero-order chi connectivity index (χ0) is 12.8. The van der Waals surface area contributed by atoms with Crippen LogP contribution < -0.4 is 0 Å². The number of ether oxygens (including phenoxy) is 1. The smallest absolute Gasteiger partial charge is 0.330 e. The molecule has 4 heteroatoms. The van der Waals surface area contributed by atoms with E-state index in [1.54, 1.807) is 32.9 Å². The number of nitrogens with zero attached hydrogens (tertiary/aromatic N) is 1. The molecular formula is C13H16FNO2. The molecule has 0 fully saturated rings. The van der Waals surface area contributed by atoms with E-state index in [4.69, 9.17) is 4.74 Å². The van der Waals surface area contributed by atoms with Gasteiger partial charge in [-0.25, -0.2) is 9.18 Å². The van der Waals surface area contributed by atoms with Crippen molar-refractivity contribution in [2.24, 2.45) is 4.99 Å². The molecule has 0 radical (unpaired) electrons. The fraction of sp³-hybridized carbons (Fsp3) is 0.385. The Morgan fingerprint density at radius 1 is 1.29 bits per heavy atom. The van der Waals surface area contributed by atoms with Crippen LogP contribution in [0.2, 0.25) is 0 Å². The Bertz CT molecular complexity index is 398. The lowest BCUT2D eigenvalue weighted by Gasteiger charge is -2.10. The van der Waals surface area contributed by atoms with Crippen molar-refractivity contribution in [1.29, 1.82) is 0 Å². The summed E-state index contributed by atoms with van der Waals surface area (Å²) in [5, 5.41) is 0. The number of carbonyl (C=O) groups is 1. The average molecular weight is 237 g/mol. The molecule has 0 bridgehead atoms. The zero-order valence-corrected chi connectivity index (χ0v) is 10.2. The normalized spacial score (nSPS) is 13.0. The predicted octanol–water partition coefficient (Wildman–Crippen LogP) is 2.58. The van der Waals surface area contributed by atoms with Gasteiger partial charge in [-0.05, 0) is 38.5 Å². The second-order valence-corrected chi connectivity index (χ2v) is 3.99. The van der Waals surface area contributed by atoms with Gasteiger partial charge < -0.3 is 4.74 Å². The molecule has 0 saturated heterocycles. The summed E-state index contributed by atoms with van der Waals surface area (Å²) in [7, 11) is 0. The minimum absolute atomic E-state index is 0.147. The molecule has 92 valence electrons. The van der Waals surface area contributed by atoms with Gasteiger partial charge in [-0.3, -0.25) is 4.99 Å². The molecule has 1 atom stereocenters. The van der Waals surface area contributed by atoms with Gasteiger partial charge in [0.25, 0.3) is 0 Å². The lowest BCUT2D eigenvalue weighted by atomic mass is 10.2. The predicted molar refractivity (Wildman–Crippen MR) is 64.7 cm³/mol. The van der Waals surface area contributed by atoms with Crippen LogP contribution in [0.1, 0.15) is 26.3 Å². The number of hydrogen-bond donors (Lipinski definition) is 0. The van der Waals surface area contributed by atoms with E-state index in [1.165, 1.54) is 18.3 Å². The standard InChI is InChI=1S/C13H16FNO2/c1-9(2)17-13(16)10(3)15-8-11-4-6-12(14)7-5-11/h4-10H,1-3H3. The highest BCUT2D eigenvalue weighted by molar-refractivity contribution is 5.83. The van der Waals surface area contributed by atoms with Crippen molar-refractivity contribution in [3.63, 3.8) is 0 Å². The first-order valence-electron chi connectivity index (χ1n) is 5.48. The van der Waals surface area contributed by atoms with E-state index in [1.807, 2.05) is 0 Å². The Labute approximate surface area is 100 Å². The third kappa shape index (κ3) is 4.76. The highest BCUT2D eigenvalue weighted by Crippen LogP contribution is 2.02. The van der Waals surface area contributed by atoms with E-state index in [-0.39, 0.29) is 17.9 Å². The van der Waals surface area contributed by atoms with Crippen molar-refractivity contribution in [2.75, 3.05) is 0 Å². The van der Waals surface area contributed by atoms with Crippen LogP contribution >= 0.6 is 0 Å². The maximum atomic E-state index is 12.6. The quantitative estimate of drug-likeness (QED) is 0.596. The molecule has 17 heavy (non-hydrogen) atoms. The van der Waals surface area contributed by atoms with E-state index in [9.17, 15) is 9.18 Å². The number of carbonyl (C=O) groups excluding carboxylic acids is 1. The second-order valence-electron chi connectivity index (χ2n) is 3.99. The summed E-state index contributed by atoms with van der Waals surface area (Å²) in [5.41, 5.74) is 0.746. The Balaban J connectivity index is 2.58. The summed E-state index contributed by atoms with van der Waals surface area (Å²) in [6, 6.07) is 5.33. The van der Waals surface area contributed by atoms with Gasteiger partial charge in [0.15, 0.2) is 0 Å². The second kappa shape index (κ2) is 6.13. The van der Waals surface area contributed by atoms with E-state index in [0.29, 0.717) is 0 Å². The molecule has 1 unspecified atom stereocenters. The summed E-state index contributed by atoms with van der Waals surface area (Å²) in [6.45, 7) is 5.23.